The molecule has 2 aliphatic rings. The molecule has 2 aromatic rings. The fraction of sp³-hybridized carbons (Fsp3) is 0.400. The summed E-state index contributed by atoms with van der Waals surface area (Å²) in [6.45, 7) is 3.42. The van der Waals surface area contributed by atoms with Gasteiger partial charge in [-0.05, 0) is 37.1 Å². The van der Waals surface area contributed by atoms with Crippen molar-refractivity contribution in [2.24, 2.45) is 5.92 Å². The molecule has 1 aromatic carbocycles. The van der Waals surface area contributed by atoms with E-state index in [-0.39, 0.29) is 17.7 Å². The van der Waals surface area contributed by atoms with Gasteiger partial charge < -0.3 is 20.4 Å². The average molecular weight is 380 g/mol. The Labute approximate surface area is 164 Å². The number of piperazine rings is 1. The number of hydrogen-bond donors (Lipinski definition) is 2. The number of hydrogen-bond acceptors (Lipinski definition) is 6. The Bertz CT molecular complexity index is 818. The highest BCUT2D eigenvalue weighted by Crippen LogP contribution is 2.24. The van der Waals surface area contributed by atoms with Crippen molar-refractivity contribution in [3.8, 4) is 0 Å². The Balaban J connectivity index is 1.30. The number of carbonyl (C=O) groups excluding carboxylic acids is 2. The van der Waals surface area contributed by atoms with Crippen LogP contribution in [0.25, 0.3) is 0 Å². The summed E-state index contributed by atoms with van der Waals surface area (Å²) >= 11 is 0. The largest absolute Gasteiger partial charge is 0.360 e. The average Bonchev–Trinajstić information content (AvgIpc) is 2.75. The van der Waals surface area contributed by atoms with Gasteiger partial charge in [-0.3, -0.25) is 14.6 Å². The van der Waals surface area contributed by atoms with E-state index < -0.39 is 0 Å². The number of nitrogens with one attached hydrogen (secondary N) is 2. The van der Waals surface area contributed by atoms with Crippen molar-refractivity contribution in [2.75, 3.05) is 47.8 Å². The van der Waals surface area contributed by atoms with Crippen molar-refractivity contribution < 1.29 is 9.59 Å². The van der Waals surface area contributed by atoms with Gasteiger partial charge in [0.1, 0.15) is 5.82 Å². The Morgan fingerprint density at radius 1 is 1.07 bits per heavy atom. The van der Waals surface area contributed by atoms with Crippen LogP contribution in [0.2, 0.25) is 0 Å². The van der Waals surface area contributed by atoms with Crippen molar-refractivity contribution >= 4 is 29.0 Å². The summed E-state index contributed by atoms with van der Waals surface area (Å²) < 4.78 is 0. The van der Waals surface area contributed by atoms with Crippen LogP contribution in [0, 0.1) is 5.92 Å². The summed E-state index contributed by atoms with van der Waals surface area (Å²) in [7, 11) is 0. The molecule has 3 heterocycles. The van der Waals surface area contributed by atoms with Crippen molar-refractivity contribution in [3.05, 3.63) is 42.9 Å². The number of piperidine rings is 1. The molecular weight excluding hydrogens is 356 g/mol. The lowest BCUT2D eigenvalue weighted by Crippen LogP contribution is -2.47. The SMILES string of the molecule is O=C1CN(c2ccc(NC(=O)C3CCN(c4cnccn4)CC3)cc2)CCN1. The molecule has 0 saturated carbocycles. The number of anilines is 3. The number of amides is 2. The summed E-state index contributed by atoms with van der Waals surface area (Å²) in [5.41, 5.74) is 1.77. The first-order valence-corrected chi connectivity index (χ1v) is 9.62. The molecule has 8 nitrogen and oxygen atoms in total. The van der Waals surface area contributed by atoms with E-state index in [1.807, 2.05) is 29.2 Å². The molecule has 8 heteroatoms. The number of aromatic nitrogens is 2. The van der Waals surface area contributed by atoms with Crippen molar-refractivity contribution in [1.29, 1.82) is 0 Å². The topological polar surface area (TPSA) is 90.5 Å². The second kappa shape index (κ2) is 8.24. The molecule has 0 spiro atoms. The van der Waals surface area contributed by atoms with Gasteiger partial charge in [0.05, 0.1) is 12.7 Å². The summed E-state index contributed by atoms with van der Waals surface area (Å²) in [6, 6.07) is 7.69. The lowest BCUT2D eigenvalue weighted by atomic mass is 9.96. The molecule has 146 valence electrons. The molecule has 0 radical (unpaired) electrons. The van der Waals surface area contributed by atoms with Gasteiger partial charge >= 0.3 is 0 Å². The van der Waals surface area contributed by atoms with Crippen LogP contribution in [0.1, 0.15) is 12.8 Å². The Morgan fingerprint density at radius 3 is 2.54 bits per heavy atom. The molecule has 2 aliphatic heterocycles. The van der Waals surface area contributed by atoms with Crippen LogP contribution in [0.15, 0.2) is 42.9 Å². The van der Waals surface area contributed by atoms with Crippen LogP contribution in [0.3, 0.4) is 0 Å². The van der Waals surface area contributed by atoms with E-state index in [0.717, 1.165) is 49.7 Å². The molecular formula is C20H24N6O2. The highest BCUT2D eigenvalue weighted by molar-refractivity contribution is 5.93. The van der Waals surface area contributed by atoms with Crippen LogP contribution in [-0.2, 0) is 9.59 Å². The maximum absolute atomic E-state index is 12.6. The lowest BCUT2D eigenvalue weighted by molar-refractivity contribution is -0.121. The molecule has 4 rings (SSSR count). The van der Waals surface area contributed by atoms with E-state index in [4.69, 9.17) is 0 Å². The number of rotatable bonds is 4. The van der Waals surface area contributed by atoms with Gasteiger partial charge in [0.2, 0.25) is 11.8 Å². The van der Waals surface area contributed by atoms with Crippen LogP contribution in [0.4, 0.5) is 17.2 Å². The molecule has 0 unspecified atom stereocenters. The fourth-order valence-electron chi connectivity index (χ4n) is 3.68. The van der Waals surface area contributed by atoms with Gasteiger partial charge in [0.15, 0.2) is 0 Å². The smallest absolute Gasteiger partial charge is 0.239 e. The molecule has 1 aromatic heterocycles. The number of carbonyl (C=O) groups is 2. The van der Waals surface area contributed by atoms with Gasteiger partial charge in [-0.2, -0.15) is 0 Å². The maximum atomic E-state index is 12.6. The van der Waals surface area contributed by atoms with Crippen molar-refractivity contribution in [1.82, 2.24) is 15.3 Å². The van der Waals surface area contributed by atoms with E-state index in [2.05, 4.69) is 25.5 Å². The van der Waals surface area contributed by atoms with Crippen molar-refractivity contribution in [2.45, 2.75) is 12.8 Å². The van der Waals surface area contributed by atoms with Crippen LogP contribution in [0.5, 0.6) is 0 Å². The zero-order chi connectivity index (χ0) is 19.3. The summed E-state index contributed by atoms with van der Waals surface area (Å²) in [5.74, 6) is 0.960. The minimum atomic E-state index is -0.00149. The molecule has 28 heavy (non-hydrogen) atoms. The van der Waals surface area contributed by atoms with E-state index in [0.29, 0.717) is 13.1 Å². The highest BCUT2D eigenvalue weighted by Gasteiger charge is 2.26. The Kier molecular flexibility index (Phi) is 5.36. The van der Waals surface area contributed by atoms with Gasteiger partial charge in [-0.15, -0.1) is 0 Å². The summed E-state index contributed by atoms with van der Waals surface area (Å²) in [6.07, 6.45) is 6.70. The highest BCUT2D eigenvalue weighted by atomic mass is 16.2. The van der Waals surface area contributed by atoms with Crippen LogP contribution in [-0.4, -0.2) is 54.5 Å². The minimum Gasteiger partial charge on any atom is -0.360 e. The number of nitrogens with zero attached hydrogens (tertiary/aromatic N) is 4. The fourth-order valence-corrected chi connectivity index (χ4v) is 3.68. The molecule has 0 aliphatic carbocycles. The molecule has 0 atom stereocenters. The first kappa shape index (κ1) is 18.2. The van der Waals surface area contributed by atoms with Crippen molar-refractivity contribution in [3.63, 3.8) is 0 Å². The van der Waals surface area contributed by atoms with Gasteiger partial charge in [0.25, 0.3) is 0 Å². The molecule has 2 amide bonds. The minimum absolute atomic E-state index is 0.00149. The molecule has 2 N–H and O–H groups in total. The summed E-state index contributed by atoms with van der Waals surface area (Å²) in [4.78, 5) is 36.8. The van der Waals surface area contributed by atoms with E-state index >= 15 is 0 Å². The zero-order valence-electron chi connectivity index (χ0n) is 15.7. The first-order chi connectivity index (χ1) is 13.7. The van der Waals surface area contributed by atoms with Gasteiger partial charge in [-0.25, -0.2) is 4.98 Å². The molecule has 2 fully saturated rings. The van der Waals surface area contributed by atoms with Crippen LogP contribution < -0.4 is 20.4 Å². The van der Waals surface area contributed by atoms with Gasteiger partial charge in [-0.1, -0.05) is 0 Å². The predicted octanol–water partition coefficient (Wildman–Crippen LogP) is 1.27. The third-order valence-corrected chi connectivity index (χ3v) is 5.28. The van der Waals surface area contributed by atoms with Gasteiger partial charge in [0, 0.05) is 55.9 Å². The standard InChI is InChI=1S/C20H24N6O2/c27-19-14-26(12-9-23-19)17-3-1-16(2-4-17)24-20(28)15-5-10-25(11-6-15)18-13-21-7-8-22-18/h1-4,7-8,13,15H,5-6,9-12,14H2,(H,23,27)(H,24,28). The van der Waals surface area contributed by atoms with Crippen LogP contribution >= 0.6 is 0 Å². The van der Waals surface area contributed by atoms with E-state index in [9.17, 15) is 9.59 Å². The first-order valence-electron chi connectivity index (χ1n) is 9.62. The molecule has 0 bridgehead atoms. The monoisotopic (exact) mass is 380 g/mol. The quantitative estimate of drug-likeness (QED) is 0.830. The second-order valence-corrected chi connectivity index (χ2v) is 7.13. The Hall–Kier alpha value is -3.16. The third kappa shape index (κ3) is 4.21. The van der Waals surface area contributed by atoms with E-state index in [1.54, 1.807) is 18.6 Å². The third-order valence-electron chi connectivity index (χ3n) is 5.28. The van der Waals surface area contributed by atoms with E-state index in [1.165, 1.54) is 0 Å². The summed E-state index contributed by atoms with van der Waals surface area (Å²) in [5, 5.41) is 5.84. The zero-order valence-corrected chi connectivity index (χ0v) is 15.7. The Morgan fingerprint density at radius 2 is 1.86 bits per heavy atom. The number of benzene rings is 1. The maximum Gasteiger partial charge on any atom is 0.239 e. The predicted molar refractivity (Wildman–Crippen MR) is 107 cm³/mol. The molecule has 2 saturated heterocycles. The normalized spacial score (nSPS) is 17.9. The second-order valence-electron chi connectivity index (χ2n) is 7.13. The lowest BCUT2D eigenvalue weighted by Gasteiger charge is -2.32.